The molecule has 1 aromatic heterocycles. The van der Waals surface area contributed by atoms with Crippen LogP contribution >= 0.6 is 0 Å². The Kier molecular flexibility index (Phi) is 5.86. The van der Waals surface area contributed by atoms with Crippen LogP contribution in [0.15, 0.2) is 18.7 Å². The van der Waals surface area contributed by atoms with Gasteiger partial charge in [0.2, 0.25) is 0 Å². The minimum absolute atomic E-state index is 0.705. The zero-order valence-electron chi connectivity index (χ0n) is 12.4. The number of nitrogens with zero attached hydrogens (tertiary/aromatic N) is 3. The van der Waals surface area contributed by atoms with Crippen molar-refractivity contribution in [2.24, 2.45) is 0 Å². The highest BCUT2D eigenvalue weighted by Crippen LogP contribution is 2.12. The molecule has 0 aliphatic carbocycles. The van der Waals surface area contributed by atoms with Crippen LogP contribution in [-0.4, -0.2) is 46.2 Å². The van der Waals surface area contributed by atoms with Gasteiger partial charge in [-0.15, -0.1) is 0 Å². The van der Waals surface area contributed by atoms with Gasteiger partial charge in [-0.25, -0.2) is 4.98 Å². The molecule has 0 radical (unpaired) electrons. The van der Waals surface area contributed by atoms with Crippen molar-refractivity contribution in [3.63, 3.8) is 0 Å². The molecule has 4 heteroatoms. The number of piperidine rings is 1. The van der Waals surface area contributed by atoms with E-state index in [1.54, 1.807) is 0 Å². The first-order valence-electron chi connectivity index (χ1n) is 7.69. The topological polar surface area (TPSA) is 33.1 Å². The van der Waals surface area contributed by atoms with Crippen LogP contribution in [0, 0.1) is 0 Å². The van der Waals surface area contributed by atoms with Crippen LogP contribution in [0.5, 0.6) is 0 Å². The van der Waals surface area contributed by atoms with E-state index >= 15 is 0 Å². The molecule has 0 amide bonds. The summed E-state index contributed by atoms with van der Waals surface area (Å²) in [5, 5.41) is 3.71. The Morgan fingerprint density at radius 3 is 2.68 bits per heavy atom. The van der Waals surface area contributed by atoms with E-state index in [1.807, 2.05) is 18.7 Å². The Labute approximate surface area is 117 Å². The van der Waals surface area contributed by atoms with Crippen molar-refractivity contribution >= 4 is 0 Å². The third-order valence-corrected chi connectivity index (χ3v) is 4.10. The van der Waals surface area contributed by atoms with E-state index in [1.165, 1.54) is 38.8 Å². The van der Waals surface area contributed by atoms with Gasteiger partial charge < -0.3 is 14.8 Å². The van der Waals surface area contributed by atoms with E-state index < -0.39 is 0 Å². The van der Waals surface area contributed by atoms with Crippen molar-refractivity contribution in [2.45, 2.75) is 58.2 Å². The molecule has 1 fully saturated rings. The van der Waals surface area contributed by atoms with Gasteiger partial charge in [-0.3, -0.25) is 0 Å². The van der Waals surface area contributed by atoms with E-state index in [9.17, 15) is 0 Å². The lowest BCUT2D eigenvalue weighted by Gasteiger charge is -2.35. The first kappa shape index (κ1) is 14.5. The highest BCUT2D eigenvalue weighted by atomic mass is 15.2. The van der Waals surface area contributed by atoms with Crippen LogP contribution in [-0.2, 0) is 6.54 Å². The van der Waals surface area contributed by atoms with Crippen LogP contribution in [0.3, 0.4) is 0 Å². The number of aryl methyl sites for hydroxylation is 1. The molecule has 0 atom stereocenters. The minimum atomic E-state index is 0.705. The lowest BCUT2D eigenvalue weighted by molar-refractivity contribution is 0.161. The largest absolute Gasteiger partial charge is 0.337 e. The van der Waals surface area contributed by atoms with Gasteiger partial charge in [-0.2, -0.15) is 0 Å². The second kappa shape index (κ2) is 7.65. The van der Waals surface area contributed by atoms with Crippen molar-refractivity contribution in [3.8, 4) is 0 Å². The average molecular weight is 264 g/mol. The third-order valence-electron chi connectivity index (χ3n) is 4.10. The molecule has 1 saturated heterocycles. The van der Waals surface area contributed by atoms with E-state index in [0.29, 0.717) is 6.04 Å². The SMILES string of the molecule is CC(C)N1CCC(NCCCCn2ccnc2)CC1. The molecule has 1 aromatic rings. The Morgan fingerprint density at radius 1 is 1.26 bits per heavy atom. The zero-order valence-corrected chi connectivity index (χ0v) is 12.4. The summed E-state index contributed by atoms with van der Waals surface area (Å²) in [5.74, 6) is 0. The Morgan fingerprint density at radius 2 is 2.05 bits per heavy atom. The molecule has 0 aromatic carbocycles. The van der Waals surface area contributed by atoms with Crippen LogP contribution in [0.1, 0.15) is 39.5 Å². The molecule has 1 N–H and O–H groups in total. The van der Waals surface area contributed by atoms with Crippen molar-refractivity contribution in [1.29, 1.82) is 0 Å². The van der Waals surface area contributed by atoms with E-state index in [-0.39, 0.29) is 0 Å². The summed E-state index contributed by atoms with van der Waals surface area (Å²) in [6, 6.07) is 1.44. The second-order valence-electron chi connectivity index (χ2n) is 5.87. The highest BCUT2D eigenvalue weighted by molar-refractivity contribution is 4.79. The summed E-state index contributed by atoms with van der Waals surface area (Å²) in [6.07, 6.45) is 10.9. The molecular formula is C15H28N4. The fourth-order valence-corrected chi connectivity index (χ4v) is 2.76. The molecule has 0 unspecified atom stereocenters. The van der Waals surface area contributed by atoms with Gasteiger partial charge in [0.1, 0.15) is 0 Å². The van der Waals surface area contributed by atoms with Gasteiger partial charge in [0.15, 0.2) is 0 Å². The maximum absolute atomic E-state index is 4.06. The highest BCUT2D eigenvalue weighted by Gasteiger charge is 2.19. The van der Waals surface area contributed by atoms with Gasteiger partial charge in [0, 0.05) is 31.0 Å². The smallest absolute Gasteiger partial charge is 0.0945 e. The Bertz CT molecular complexity index is 326. The molecule has 1 aliphatic rings. The summed E-state index contributed by atoms with van der Waals surface area (Å²) in [5.41, 5.74) is 0. The van der Waals surface area contributed by atoms with E-state index in [0.717, 1.165) is 19.1 Å². The summed E-state index contributed by atoms with van der Waals surface area (Å²) in [7, 11) is 0. The molecule has 0 bridgehead atoms. The van der Waals surface area contributed by atoms with E-state index in [4.69, 9.17) is 0 Å². The zero-order chi connectivity index (χ0) is 13.5. The van der Waals surface area contributed by atoms with Gasteiger partial charge in [0.05, 0.1) is 6.33 Å². The molecule has 0 saturated carbocycles. The number of unbranched alkanes of at least 4 members (excludes halogenated alkanes) is 1. The van der Waals surface area contributed by atoms with Gasteiger partial charge >= 0.3 is 0 Å². The quantitative estimate of drug-likeness (QED) is 0.766. The predicted molar refractivity (Wildman–Crippen MR) is 79.2 cm³/mol. The molecule has 2 heterocycles. The molecule has 0 spiro atoms. The van der Waals surface area contributed by atoms with Crippen LogP contribution in [0.2, 0.25) is 0 Å². The molecule has 1 aliphatic heterocycles. The molecular weight excluding hydrogens is 236 g/mol. The average Bonchev–Trinajstić information content (AvgIpc) is 2.92. The van der Waals surface area contributed by atoms with Crippen molar-refractivity contribution in [3.05, 3.63) is 18.7 Å². The van der Waals surface area contributed by atoms with Crippen LogP contribution in [0.4, 0.5) is 0 Å². The molecule has 19 heavy (non-hydrogen) atoms. The number of hydrogen-bond acceptors (Lipinski definition) is 3. The molecule has 4 nitrogen and oxygen atoms in total. The third kappa shape index (κ3) is 4.96. The molecule has 108 valence electrons. The van der Waals surface area contributed by atoms with Crippen molar-refractivity contribution in [1.82, 2.24) is 19.8 Å². The van der Waals surface area contributed by atoms with Gasteiger partial charge in [0.25, 0.3) is 0 Å². The summed E-state index contributed by atoms with van der Waals surface area (Å²) in [4.78, 5) is 6.64. The maximum atomic E-state index is 4.06. The van der Waals surface area contributed by atoms with Crippen molar-refractivity contribution < 1.29 is 0 Å². The van der Waals surface area contributed by atoms with E-state index in [2.05, 4.69) is 33.6 Å². The first-order valence-corrected chi connectivity index (χ1v) is 7.69. The summed E-state index contributed by atoms with van der Waals surface area (Å²) in [6.45, 7) is 9.34. The number of hydrogen-bond donors (Lipinski definition) is 1. The fraction of sp³-hybridized carbons (Fsp3) is 0.800. The lowest BCUT2D eigenvalue weighted by atomic mass is 10.0. The second-order valence-corrected chi connectivity index (χ2v) is 5.87. The van der Waals surface area contributed by atoms with Crippen LogP contribution in [0.25, 0.3) is 0 Å². The number of nitrogens with one attached hydrogen (secondary N) is 1. The minimum Gasteiger partial charge on any atom is -0.337 e. The Balaban J connectivity index is 1.50. The lowest BCUT2D eigenvalue weighted by Crippen LogP contribution is -2.45. The standard InChI is InChI=1S/C15H28N4/c1-14(2)19-10-5-15(6-11-19)17-7-3-4-9-18-12-8-16-13-18/h8,12-15,17H,3-7,9-11H2,1-2H3. The number of aromatic nitrogens is 2. The first-order chi connectivity index (χ1) is 9.25. The number of rotatable bonds is 7. The Hall–Kier alpha value is -0.870. The normalized spacial score (nSPS) is 18.3. The number of imidazole rings is 1. The monoisotopic (exact) mass is 264 g/mol. The maximum Gasteiger partial charge on any atom is 0.0945 e. The van der Waals surface area contributed by atoms with Crippen LogP contribution < -0.4 is 5.32 Å². The van der Waals surface area contributed by atoms with Crippen molar-refractivity contribution in [2.75, 3.05) is 19.6 Å². The molecule has 2 rings (SSSR count). The number of likely N-dealkylation sites (tertiary alicyclic amines) is 1. The van der Waals surface area contributed by atoms with Gasteiger partial charge in [-0.1, -0.05) is 0 Å². The fourth-order valence-electron chi connectivity index (χ4n) is 2.76. The summed E-state index contributed by atoms with van der Waals surface area (Å²) < 4.78 is 2.15. The summed E-state index contributed by atoms with van der Waals surface area (Å²) >= 11 is 0. The van der Waals surface area contributed by atoms with Gasteiger partial charge in [-0.05, 0) is 59.2 Å². The predicted octanol–water partition coefficient (Wildman–Crippen LogP) is 2.13.